The van der Waals surface area contributed by atoms with Gasteiger partial charge in [0.2, 0.25) is 0 Å². The van der Waals surface area contributed by atoms with Crippen LogP contribution in [0.1, 0.15) is 18.5 Å². The molecule has 9 heteroatoms. The van der Waals surface area contributed by atoms with E-state index in [-0.39, 0.29) is 10.9 Å². The number of sulfonamides is 1. The number of halogens is 1. The minimum absolute atomic E-state index is 0.103. The minimum atomic E-state index is -3.69. The lowest BCUT2D eigenvalue weighted by molar-refractivity contribution is 0.601. The lowest BCUT2D eigenvalue weighted by Gasteiger charge is -2.16. The Morgan fingerprint density at radius 1 is 1.08 bits per heavy atom. The van der Waals surface area contributed by atoms with Crippen LogP contribution in [-0.4, -0.2) is 23.4 Å². The highest BCUT2D eigenvalue weighted by Crippen LogP contribution is 2.23. The summed E-state index contributed by atoms with van der Waals surface area (Å²) in [6, 6.07) is 10.0. The molecule has 0 saturated carbocycles. The quantitative estimate of drug-likeness (QED) is 0.669. The van der Waals surface area contributed by atoms with Gasteiger partial charge in [0.1, 0.15) is 15.9 Å². The maximum Gasteiger partial charge on any atom is 0.263 e. The molecule has 1 aromatic carbocycles. The monoisotopic (exact) mass is 389 g/mol. The molecule has 0 unspecified atom stereocenters. The summed E-state index contributed by atoms with van der Waals surface area (Å²) >= 11 is 5.83. The zero-order valence-corrected chi connectivity index (χ0v) is 15.4. The second-order valence-corrected chi connectivity index (χ2v) is 7.58. The van der Waals surface area contributed by atoms with E-state index < -0.39 is 10.0 Å². The number of nitrogens with zero attached hydrogens (tertiary/aromatic N) is 3. The highest BCUT2D eigenvalue weighted by Gasteiger charge is 2.15. The van der Waals surface area contributed by atoms with Crippen LogP contribution in [0.5, 0.6) is 0 Å². The highest BCUT2D eigenvalue weighted by molar-refractivity contribution is 7.92. The van der Waals surface area contributed by atoms with Crippen molar-refractivity contribution in [1.82, 2.24) is 15.0 Å². The van der Waals surface area contributed by atoms with Crippen molar-refractivity contribution in [3.8, 4) is 0 Å². The van der Waals surface area contributed by atoms with Gasteiger partial charge < -0.3 is 5.32 Å². The molecule has 2 aromatic heterocycles. The van der Waals surface area contributed by atoms with Gasteiger partial charge in [-0.05, 0) is 36.8 Å². The van der Waals surface area contributed by atoms with Crippen molar-refractivity contribution in [2.45, 2.75) is 17.9 Å². The van der Waals surface area contributed by atoms with Crippen molar-refractivity contribution < 1.29 is 8.42 Å². The first-order valence-corrected chi connectivity index (χ1v) is 9.57. The zero-order valence-electron chi connectivity index (χ0n) is 13.8. The molecular formula is C17H16ClN5O2S. The van der Waals surface area contributed by atoms with Crippen molar-refractivity contribution >= 4 is 33.1 Å². The number of hydrogen-bond acceptors (Lipinski definition) is 6. The number of nitrogens with one attached hydrogen (secondary N) is 2. The van der Waals surface area contributed by atoms with Crippen LogP contribution in [-0.2, 0) is 10.0 Å². The first-order chi connectivity index (χ1) is 12.4. The van der Waals surface area contributed by atoms with E-state index in [2.05, 4.69) is 25.0 Å². The van der Waals surface area contributed by atoms with Crippen LogP contribution in [0.2, 0.25) is 5.15 Å². The van der Waals surface area contributed by atoms with Gasteiger partial charge in [-0.15, -0.1) is 0 Å². The molecule has 0 amide bonds. The molecule has 0 bridgehead atoms. The summed E-state index contributed by atoms with van der Waals surface area (Å²) in [6.07, 6.45) is 5.84. The lowest BCUT2D eigenvalue weighted by atomic mass is 10.1. The van der Waals surface area contributed by atoms with Gasteiger partial charge >= 0.3 is 0 Å². The van der Waals surface area contributed by atoms with Gasteiger partial charge in [-0.1, -0.05) is 23.7 Å². The fourth-order valence-electron chi connectivity index (χ4n) is 2.31. The van der Waals surface area contributed by atoms with E-state index >= 15 is 0 Å². The van der Waals surface area contributed by atoms with Crippen LogP contribution in [0.4, 0.5) is 11.5 Å². The van der Waals surface area contributed by atoms with Gasteiger partial charge in [0.05, 0.1) is 18.4 Å². The van der Waals surface area contributed by atoms with E-state index in [1.54, 1.807) is 30.5 Å². The Morgan fingerprint density at radius 2 is 1.92 bits per heavy atom. The molecule has 3 aromatic rings. The maximum atomic E-state index is 12.4. The Hall–Kier alpha value is -2.71. The van der Waals surface area contributed by atoms with Crippen molar-refractivity contribution in [1.29, 1.82) is 0 Å². The minimum Gasteiger partial charge on any atom is -0.362 e. The van der Waals surface area contributed by atoms with Crippen LogP contribution in [0.15, 0.2) is 66.1 Å². The van der Waals surface area contributed by atoms with Gasteiger partial charge in [-0.3, -0.25) is 14.7 Å². The number of rotatable bonds is 6. The normalized spacial score (nSPS) is 12.4. The first kappa shape index (κ1) is 18.1. The number of pyridine rings is 1. The molecule has 26 heavy (non-hydrogen) atoms. The van der Waals surface area contributed by atoms with Crippen LogP contribution in [0.25, 0.3) is 0 Å². The number of benzene rings is 1. The Balaban J connectivity index is 1.78. The van der Waals surface area contributed by atoms with Crippen LogP contribution in [0.3, 0.4) is 0 Å². The third-order valence-corrected chi connectivity index (χ3v) is 5.10. The Labute approximate surface area is 156 Å². The highest BCUT2D eigenvalue weighted by atomic mass is 35.5. The molecule has 134 valence electrons. The third kappa shape index (κ3) is 4.47. The largest absolute Gasteiger partial charge is 0.362 e. The molecule has 3 rings (SSSR count). The van der Waals surface area contributed by atoms with E-state index in [0.717, 1.165) is 5.56 Å². The number of anilines is 2. The van der Waals surface area contributed by atoms with Gasteiger partial charge in [0.15, 0.2) is 0 Å². The van der Waals surface area contributed by atoms with E-state index in [9.17, 15) is 8.42 Å². The van der Waals surface area contributed by atoms with E-state index in [4.69, 9.17) is 11.6 Å². The molecule has 2 heterocycles. The second-order valence-electron chi connectivity index (χ2n) is 5.51. The third-order valence-electron chi connectivity index (χ3n) is 3.55. The topological polar surface area (TPSA) is 96.9 Å². The molecule has 1 atom stereocenters. The first-order valence-electron chi connectivity index (χ1n) is 7.71. The summed E-state index contributed by atoms with van der Waals surface area (Å²) in [5, 5.41) is 3.47. The Kier molecular flexibility index (Phi) is 5.34. The van der Waals surface area contributed by atoms with Crippen molar-refractivity contribution in [2.75, 3.05) is 10.0 Å². The summed E-state index contributed by atoms with van der Waals surface area (Å²) in [5.41, 5.74) is 1.33. The fraction of sp³-hybridized carbons (Fsp3) is 0.118. The predicted octanol–water partition coefficient (Wildman–Crippen LogP) is 3.50. The molecular weight excluding hydrogens is 374 g/mol. The molecule has 0 aliphatic rings. The van der Waals surface area contributed by atoms with E-state index in [1.165, 1.54) is 24.7 Å². The van der Waals surface area contributed by atoms with Gasteiger partial charge in [-0.2, -0.15) is 0 Å². The zero-order chi connectivity index (χ0) is 18.6. The predicted molar refractivity (Wildman–Crippen MR) is 101 cm³/mol. The molecule has 0 aliphatic heterocycles. The molecule has 7 nitrogen and oxygen atoms in total. The van der Waals surface area contributed by atoms with E-state index in [0.29, 0.717) is 16.7 Å². The second kappa shape index (κ2) is 7.67. The number of hydrogen-bond donors (Lipinski definition) is 2. The van der Waals surface area contributed by atoms with Crippen LogP contribution in [0, 0.1) is 0 Å². The van der Waals surface area contributed by atoms with Gasteiger partial charge in [-0.25, -0.2) is 13.4 Å². The number of aromatic nitrogens is 3. The van der Waals surface area contributed by atoms with Crippen LogP contribution >= 0.6 is 11.6 Å². The summed E-state index contributed by atoms with van der Waals surface area (Å²) in [4.78, 5) is 12.1. The molecule has 0 aliphatic carbocycles. The standard InChI is InChI=1S/C17H16ClN5O2S/c1-12(21-17-11-20-10-16(18)22-17)13-4-2-5-14(8-13)23-26(24,25)15-6-3-7-19-9-15/h2-12,23H,1H3,(H,21,22)/t12-/m0/s1. The molecule has 0 saturated heterocycles. The summed E-state index contributed by atoms with van der Waals surface area (Å²) in [6.45, 7) is 1.93. The molecule has 0 radical (unpaired) electrons. The average Bonchev–Trinajstić information content (AvgIpc) is 2.62. The summed E-state index contributed by atoms with van der Waals surface area (Å²) < 4.78 is 27.4. The molecule has 0 spiro atoms. The SMILES string of the molecule is C[C@H](Nc1cncc(Cl)n1)c1cccc(NS(=O)(=O)c2cccnc2)c1. The Morgan fingerprint density at radius 3 is 2.65 bits per heavy atom. The van der Waals surface area contributed by atoms with Crippen molar-refractivity contribution in [3.63, 3.8) is 0 Å². The maximum absolute atomic E-state index is 12.4. The average molecular weight is 390 g/mol. The Bertz CT molecular complexity index is 999. The van der Waals surface area contributed by atoms with E-state index in [1.807, 2.05) is 13.0 Å². The fourth-order valence-corrected chi connectivity index (χ4v) is 3.47. The van der Waals surface area contributed by atoms with Crippen molar-refractivity contribution in [2.24, 2.45) is 0 Å². The van der Waals surface area contributed by atoms with Gasteiger partial charge in [0, 0.05) is 18.1 Å². The molecule has 2 N–H and O–H groups in total. The van der Waals surface area contributed by atoms with Gasteiger partial charge in [0.25, 0.3) is 10.0 Å². The summed E-state index contributed by atoms with van der Waals surface area (Å²) in [7, 11) is -3.69. The smallest absolute Gasteiger partial charge is 0.263 e. The lowest BCUT2D eigenvalue weighted by Crippen LogP contribution is -2.14. The van der Waals surface area contributed by atoms with Crippen LogP contribution < -0.4 is 10.0 Å². The van der Waals surface area contributed by atoms with Crippen molar-refractivity contribution in [3.05, 3.63) is 71.9 Å². The summed E-state index contributed by atoms with van der Waals surface area (Å²) in [5.74, 6) is 0.534. The molecule has 0 fully saturated rings.